The molecule has 0 atom stereocenters. The van der Waals surface area contributed by atoms with Gasteiger partial charge in [-0.15, -0.1) is 0 Å². The number of hydrogen-bond donors (Lipinski definition) is 2. The third kappa shape index (κ3) is 2.76. The van der Waals surface area contributed by atoms with E-state index in [0.29, 0.717) is 11.6 Å². The zero-order valence-corrected chi connectivity index (χ0v) is 12.0. The summed E-state index contributed by atoms with van der Waals surface area (Å²) in [4.78, 5) is 12.9. The maximum Gasteiger partial charge on any atom is 0.136 e. The van der Waals surface area contributed by atoms with Crippen LogP contribution >= 0.6 is 0 Å². The van der Waals surface area contributed by atoms with Crippen LogP contribution < -0.4 is 11.1 Å². The summed E-state index contributed by atoms with van der Waals surface area (Å²) >= 11 is 0. The number of nitrogen functional groups attached to an aromatic ring is 1. The van der Waals surface area contributed by atoms with Gasteiger partial charge >= 0.3 is 0 Å². The van der Waals surface area contributed by atoms with E-state index in [2.05, 4.69) is 20.3 Å². The van der Waals surface area contributed by atoms with Crippen LogP contribution in [0.3, 0.4) is 0 Å². The molecular weight excluding hydrogens is 262 g/mol. The molecule has 0 fully saturated rings. The molecule has 1 aromatic carbocycles. The average Bonchev–Trinajstić information content (AvgIpc) is 2.47. The standard InChI is InChI=1S/C16H17N5/c1-10(2)16-20-14(17)8-15(21-16)19-13-5-3-4-11-9-18-7-6-12(11)13/h3-10H,1-2H3,(H3,17,19,20,21). The van der Waals surface area contributed by atoms with Gasteiger partial charge in [0.2, 0.25) is 0 Å². The molecule has 0 amide bonds. The number of pyridine rings is 1. The molecule has 0 spiro atoms. The molecule has 3 rings (SSSR count). The van der Waals surface area contributed by atoms with Gasteiger partial charge in [0.15, 0.2) is 0 Å². The van der Waals surface area contributed by atoms with Gasteiger partial charge in [-0.3, -0.25) is 4.98 Å². The van der Waals surface area contributed by atoms with Crippen molar-refractivity contribution in [3.8, 4) is 0 Å². The molecule has 0 radical (unpaired) electrons. The van der Waals surface area contributed by atoms with Crippen LogP contribution in [-0.4, -0.2) is 15.0 Å². The monoisotopic (exact) mass is 279 g/mol. The highest BCUT2D eigenvalue weighted by Gasteiger charge is 2.08. The smallest absolute Gasteiger partial charge is 0.136 e. The van der Waals surface area contributed by atoms with Gasteiger partial charge in [0.25, 0.3) is 0 Å². The molecule has 5 nitrogen and oxygen atoms in total. The first-order valence-electron chi connectivity index (χ1n) is 6.87. The second kappa shape index (κ2) is 5.36. The van der Waals surface area contributed by atoms with Gasteiger partial charge in [-0.2, -0.15) is 0 Å². The predicted molar refractivity (Wildman–Crippen MR) is 85.6 cm³/mol. The van der Waals surface area contributed by atoms with Gasteiger partial charge in [-0.1, -0.05) is 26.0 Å². The quantitative estimate of drug-likeness (QED) is 0.767. The number of rotatable bonds is 3. The molecule has 0 aliphatic carbocycles. The van der Waals surface area contributed by atoms with Gasteiger partial charge in [-0.05, 0) is 12.1 Å². The Morgan fingerprint density at radius 2 is 2.00 bits per heavy atom. The Bertz CT molecular complexity index is 777. The highest BCUT2D eigenvalue weighted by Crippen LogP contribution is 2.26. The molecule has 0 bridgehead atoms. The Balaban J connectivity index is 2.03. The van der Waals surface area contributed by atoms with Crippen molar-refractivity contribution in [3.63, 3.8) is 0 Å². The minimum atomic E-state index is 0.228. The molecule has 0 saturated heterocycles. The maximum absolute atomic E-state index is 5.86. The fourth-order valence-electron chi connectivity index (χ4n) is 2.18. The van der Waals surface area contributed by atoms with E-state index in [9.17, 15) is 0 Å². The van der Waals surface area contributed by atoms with E-state index < -0.39 is 0 Å². The highest BCUT2D eigenvalue weighted by atomic mass is 15.1. The lowest BCUT2D eigenvalue weighted by molar-refractivity contribution is 0.779. The zero-order valence-electron chi connectivity index (χ0n) is 12.0. The summed E-state index contributed by atoms with van der Waals surface area (Å²) in [7, 11) is 0. The Morgan fingerprint density at radius 3 is 2.81 bits per heavy atom. The van der Waals surface area contributed by atoms with Crippen molar-refractivity contribution in [1.82, 2.24) is 15.0 Å². The van der Waals surface area contributed by atoms with Crippen LogP contribution in [0.5, 0.6) is 0 Å². The summed E-state index contributed by atoms with van der Waals surface area (Å²) in [6.07, 6.45) is 3.62. The summed E-state index contributed by atoms with van der Waals surface area (Å²) in [5.41, 5.74) is 6.84. The van der Waals surface area contributed by atoms with Crippen LogP contribution in [0, 0.1) is 0 Å². The Morgan fingerprint density at radius 1 is 1.14 bits per heavy atom. The average molecular weight is 279 g/mol. The van der Waals surface area contributed by atoms with Crippen molar-refractivity contribution in [1.29, 1.82) is 0 Å². The van der Waals surface area contributed by atoms with E-state index in [4.69, 9.17) is 5.73 Å². The minimum absolute atomic E-state index is 0.228. The molecule has 0 aliphatic heterocycles. The molecule has 0 unspecified atom stereocenters. The molecule has 106 valence electrons. The van der Waals surface area contributed by atoms with Crippen LogP contribution in [-0.2, 0) is 0 Å². The Kier molecular flexibility index (Phi) is 3.39. The summed E-state index contributed by atoms with van der Waals surface area (Å²) < 4.78 is 0. The molecule has 0 aliphatic rings. The number of aromatic nitrogens is 3. The first-order chi connectivity index (χ1) is 10.1. The maximum atomic E-state index is 5.86. The van der Waals surface area contributed by atoms with Crippen LogP contribution in [0.25, 0.3) is 10.8 Å². The number of anilines is 3. The van der Waals surface area contributed by atoms with E-state index in [-0.39, 0.29) is 5.92 Å². The normalized spacial score (nSPS) is 11.0. The lowest BCUT2D eigenvalue weighted by atomic mass is 10.1. The second-order valence-corrected chi connectivity index (χ2v) is 5.22. The zero-order chi connectivity index (χ0) is 14.8. The van der Waals surface area contributed by atoms with Crippen molar-refractivity contribution in [2.45, 2.75) is 19.8 Å². The number of fused-ring (bicyclic) bond motifs is 1. The molecule has 0 saturated carbocycles. The molecule has 3 aromatic rings. The van der Waals surface area contributed by atoms with Crippen LogP contribution in [0.4, 0.5) is 17.3 Å². The van der Waals surface area contributed by atoms with Crippen LogP contribution in [0.1, 0.15) is 25.6 Å². The van der Waals surface area contributed by atoms with E-state index in [1.54, 1.807) is 12.3 Å². The van der Waals surface area contributed by atoms with Crippen molar-refractivity contribution >= 4 is 28.1 Å². The summed E-state index contributed by atoms with van der Waals surface area (Å²) in [6, 6.07) is 9.74. The molecular formula is C16H17N5. The van der Waals surface area contributed by atoms with Crippen molar-refractivity contribution < 1.29 is 0 Å². The summed E-state index contributed by atoms with van der Waals surface area (Å²) in [6.45, 7) is 4.09. The molecule has 21 heavy (non-hydrogen) atoms. The minimum Gasteiger partial charge on any atom is -0.384 e. The molecule has 3 N–H and O–H groups in total. The fourth-order valence-corrected chi connectivity index (χ4v) is 2.18. The van der Waals surface area contributed by atoms with Crippen LogP contribution in [0.15, 0.2) is 42.7 Å². The van der Waals surface area contributed by atoms with Gasteiger partial charge in [0.1, 0.15) is 17.5 Å². The Hall–Kier alpha value is -2.69. The molecule has 2 aromatic heterocycles. The first kappa shape index (κ1) is 13.3. The van der Waals surface area contributed by atoms with Gasteiger partial charge in [0, 0.05) is 40.8 Å². The lowest BCUT2D eigenvalue weighted by Gasteiger charge is -2.11. The van der Waals surface area contributed by atoms with E-state index in [0.717, 1.165) is 22.3 Å². The summed E-state index contributed by atoms with van der Waals surface area (Å²) in [5.74, 6) is 2.14. The van der Waals surface area contributed by atoms with Gasteiger partial charge < -0.3 is 11.1 Å². The largest absolute Gasteiger partial charge is 0.384 e. The second-order valence-electron chi connectivity index (χ2n) is 5.22. The van der Waals surface area contributed by atoms with Crippen molar-refractivity contribution in [2.24, 2.45) is 0 Å². The molecule has 2 heterocycles. The topological polar surface area (TPSA) is 76.7 Å². The lowest BCUT2D eigenvalue weighted by Crippen LogP contribution is -2.05. The number of nitrogens with two attached hydrogens (primary N) is 1. The molecule has 5 heteroatoms. The fraction of sp³-hybridized carbons (Fsp3) is 0.188. The third-order valence-electron chi connectivity index (χ3n) is 3.22. The SMILES string of the molecule is CC(C)c1nc(N)cc(Nc2cccc3cnccc23)n1. The number of nitrogens with zero attached hydrogens (tertiary/aromatic N) is 3. The van der Waals surface area contributed by atoms with E-state index in [1.807, 2.05) is 44.3 Å². The van der Waals surface area contributed by atoms with Crippen molar-refractivity contribution in [3.05, 3.63) is 48.5 Å². The van der Waals surface area contributed by atoms with Crippen LogP contribution in [0.2, 0.25) is 0 Å². The predicted octanol–water partition coefficient (Wildman–Crippen LogP) is 3.47. The summed E-state index contributed by atoms with van der Waals surface area (Å²) in [5, 5.41) is 5.49. The van der Waals surface area contributed by atoms with E-state index >= 15 is 0 Å². The number of nitrogens with one attached hydrogen (secondary N) is 1. The number of hydrogen-bond acceptors (Lipinski definition) is 5. The number of benzene rings is 1. The van der Waals surface area contributed by atoms with Gasteiger partial charge in [0.05, 0.1) is 0 Å². The first-order valence-corrected chi connectivity index (χ1v) is 6.87. The van der Waals surface area contributed by atoms with E-state index in [1.165, 1.54) is 0 Å². The van der Waals surface area contributed by atoms with Gasteiger partial charge in [-0.25, -0.2) is 9.97 Å². The third-order valence-corrected chi connectivity index (χ3v) is 3.22. The highest BCUT2D eigenvalue weighted by molar-refractivity contribution is 5.94. The Labute approximate surface area is 123 Å². The van der Waals surface area contributed by atoms with Crippen molar-refractivity contribution in [2.75, 3.05) is 11.1 Å².